The summed E-state index contributed by atoms with van der Waals surface area (Å²) >= 11 is 7.22. The van der Waals surface area contributed by atoms with Crippen LogP contribution in [-0.4, -0.2) is 47.5 Å². The number of benzene rings is 1. The fourth-order valence-corrected chi connectivity index (χ4v) is 3.40. The Morgan fingerprint density at radius 1 is 1.52 bits per heavy atom. The minimum atomic E-state index is -0.701. The van der Waals surface area contributed by atoms with Crippen molar-refractivity contribution in [2.24, 2.45) is 0 Å². The standard InChI is InChI=1S/C15H14ClN3O3S/c1-2-13(20)19-5-6-22-11(8-19)14(21)17-9-3-4-10-12(7-9)23-15(16)18-10/h2-4,7,11H,1,5-6,8H2,(H,17,21). The molecule has 1 aromatic carbocycles. The number of amides is 2. The van der Waals surface area contributed by atoms with Gasteiger partial charge in [-0.05, 0) is 24.3 Å². The third kappa shape index (κ3) is 3.52. The lowest BCUT2D eigenvalue weighted by Gasteiger charge is -2.31. The molecule has 0 spiro atoms. The Hall–Kier alpha value is -1.96. The zero-order valence-corrected chi connectivity index (χ0v) is 13.7. The summed E-state index contributed by atoms with van der Waals surface area (Å²) in [5, 5.41) is 2.80. The smallest absolute Gasteiger partial charge is 0.255 e. The molecule has 1 aromatic heterocycles. The maximum absolute atomic E-state index is 12.3. The summed E-state index contributed by atoms with van der Waals surface area (Å²) in [5.74, 6) is -0.492. The number of aromatic nitrogens is 1. The summed E-state index contributed by atoms with van der Waals surface area (Å²) in [6, 6.07) is 5.36. The number of ether oxygens (including phenoxy) is 1. The van der Waals surface area contributed by atoms with E-state index >= 15 is 0 Å². The van der Waals surface area contributed by atoms with E-state index in [4.69, 9.17) is 16.3 Å². The molecule has 1 aliphatic rings. The highest BCUT2D eigenvalue weighted by Gasteiger charge is 2.28. The quantitative estimate of drug-likeness (QED) is 0.861. The minimum Gasteiger partial charge on any atom is -0.365 e. The van der Waals surface area contributed by atoms with Crippen LogP contribution in [0.4, 0.5) is 5.69 Å². The van der Waals surface area contributed by atoms with Crippen LogP contribution in [0.15, 0.2) is 30.9 Å². The Bertz CT molecular complexity index is 776. The maximum atomic E-state index is 12.3. The summed E-state index contributed by atoms with van der Waals surface area (Å²) in [5.41, 5.74) is 1.42. The van der Waals surface area contributed by atoms with Crippen LogP contribution >= 0.6 is 22.9 Å². The molecule has 0 radical (unpaired) electrons. The lowest BCUT2D eigenvalue weighted by molar-refractivity contribution is -0.141. The summed E-state index contributed by atoms with van der Waals surface area (Å²) in [4.78, 5) is 29.7. The number of morpholine rings is 1. The Morgan fingerprint density at radius 2 is 2.35 bits per heavy atom. The zero-order chi connectivity index (χ0) is 16.4. The molecule has 1 atom stereocenters. The molecule has 23 heavy (non-hydrogen) atoms. The number of thiazole rings is 1. The third-order valence-corrected chi connectivity index (χ3v) is 4.60. The average molecular weight is 352 g/mol. The Balaban J connectivity index is 1.69. The van der Waals surface area contributed by atoms with Crippen LogP contribution in [0.3, 0.4) is 0 Å². The molecule has 0 bridgehead atoms. The van der Waals surface area contributed by atoms with Crippen molar-refractivity contribution in [2.45, 2.75) is 6.10 Å². The van der Waals surface area contributed by atoms with E-state index in [1.54, 1.807) is 17.0 Å². The number of anilines is 1. The second kappa shape index (κ2) is 6.66. The molecule has 1 saturated heterocycles. The molecule has 0 aliphatic carbocycles. The van der Waals surface area contributed by atoms with Crippen molar-refractivity contribution in [1.82, 2.24) is 9.88 Å². The first kappa shape index (κ1) is 15.9. The van der Waals surface area contributed by atoms with Crippen LogP contribution in [-0.2, 0) is 14.3 Å². The van der Waals surface area contributed by atoms with Gasteiger partial charge in [-0.25, -0.2) is 4.98 Å². The van der Waals surface area contributed by atoms with E-state index < -0.39 is 6.10 Å². The highest BCUT2D eigenvalue weighted by atomic mass is 35.5. The fourth-order valence-electron chi connectivity index (χ4n) is 2.33. The number of nitrogens with one attached hydrogen (secondary N) is 1. The van der Waals surface area contributed by atoms with Gasteiger partial charge in [0.1, 0.15) is 0 Å². The summed E-state index contributed by atoms with van der Waals surface area (Å²) < 4.78 is 6.80. The third-order valence-electron chi connectivity index (χ3n) is 3.48. The van der Waals surface area contributed by atoms with E-state index in [0.29, 0.717) is 23.3 Å². The Kier molecular flexibility index (Phi) is 4.61. The van der Waals surface area contributed by atoms with Gasteiger partial charge in [0.25, 0.3) is 5.91 Å². The zero-order valence-electron chi connectivity index (χ0n) is 12.1. The first-order valence-corrected chi connectivity index (χ1v) is 8.16. The van der Waals surface area contributed by atoms with Crippen molar-refractivity contribution in [3.63, 3.8) is 0 Å². The van der Waals surface area contributed by atoms with E-state index in [0.717, 1.165) is 10.2 Å². The minimum absolute atomic E-state index is 0.202. The predicted octanol–water partition coefficient (Wildman–Crippen LogP) is 2.30. The van der Waals surface area contributed by atoms with Gasteiger partial charge in [-0.2, -0.15) is 0 Å². The molecular weight excluding hydrogens is 338 g/mol. The van der Waals surface area contributed by atoms with Crippen LogP contribution in [0.5, 0.6) is 0 Å². The monoisotopic (exact) mass is 351 g/mol. The maximum Gasteiger partial charge on any atom is 0.255 e. The lowest BCUT2D eigenvalue weighted by atomic mass is 10.2. The Morgan fingerprint density at radius 3 is 3.13 bits per heavy atom. The molecule has 3 rings (SSSR count). The van der Waals surface area contributed by atoms with Crippen molar-refractivity contribution in [1.29, 1.82) is 0 Å². The normalized spacial score (nSPS) is 18.0. The molecular formula is C15H14ClN3O3S. The molecule has 6 nitrogen and oxygen atoms in total. The highest BCUT2D eigenvalue weighted by Crippen LogP contribution is 2.28. The molecule has 2 aromatic rings. The van der Waals surface area contributed by atoms with Gasteiger partial charge >= 0.3 is 0 Å². The van der Waals surface area contributed by atoms with Gasteiger partial charge < -0.3 is 15.0 Å². The molecule has 0 saturated carbocycles. The molecule has 120 valence electrons. The lowest BCUT2D eigenvalue weighted by Crippen LogP contribution is -2.49. The van der Waals surface area contributed by atoms with Gasteiger partial charge in [0.15, 0.2) is 10.6 Å². The first-order chi connectivity index (χ1) is 11.1. The van der Waals surface area contributed by atoms with Crippen molar-refractivity contribution in [3.8, 4) is 0 Å². The number of halogens is 1. The highest BCUT2D eigenvalue weighted by molar-refractivity contribution is 7.22. The van der Waals surface area contributed by atoms with Gasteiger partial charge in [0.05, 0.1) is 23.4 Å². The van der Waals surface area contributed by atoms with Crippen molar-refractivity contribution in [3.05, 3.63) is 35.3 Å². The number of hydrogen-bond donors (Lipinski definition) is 1. The van der Waals surface area contributed by atoms with E-state index in [-0.39, 0.29) is 18.4 Å². The molecule has 2 heterocycles. The number of carbonyl (C=O) groups excluding carboxylic acids is 2. The second-order valence-corrected chi connectivity index (χ2v) is 6.60. The van der Waals surface area contributed by atoms with Crippen molar-refractivity contribution in [2.75, 3.05) is 25.0 Å². The topological polar surface area (TPSA) is 71.5 Å². The SMILES string of the molecule is C=CC(=O)N1CCOC(C(=O)Nc2ccc3nc(Cl)sc3c2)C1. The molecule has 1 N–H and O–H groups in total. The van der Waals surface area contributed by atoms with E-state index in [1.807, 2.05) is 6.07 Å². The predicted molar refractivity (Wildman–Crippen MR) is 89.8 cm³/mol. The van der Waals surface area contributed by atoms with Gasteiger partial charge in [-0.1, -0.05) is 18.2 Å². The van der Waals surface area contributed by atoms with Gasteiger partial charge in [-0.3, -0.25) is 9.59 Å². The average Bonchev–Trinajstić information content (AvgIpc) is 2.93. The van der Waals surface area contributed by atoms with Crippen molar-refractivity contribution >= 4 is 50.7 Å². The molecule has 8 heteroatoms. The van der Waals surface area contributed by atoms with Crippen molar-refractivity contribution < 1.29 is 14.3 Å². The van der Waals surface area contributed by atoms with Gasteiger partial charge in [0, 0.05) is 12.2 Å². The summed E-state index contributed by atoms with van der Waals surface area (Å²) in [6.07, 6.45) is 0.537. The molecule has 2 amide bonds. The van der Waals surface area contributed by atoms with E-state index in [2.05, 4.69) is 16.9 Å². The molecule has 1 aliphatic heterocycles. The first-order valence-electron chi connectivity index (χ1n) is 6.97. The van der Waals surface area contributed by atoms with Crippen LogP contribution in [0, 0.1) is 0 Å². The van der Waals surface area contributed by atoms with E-state index in [9.17, 15) is 9.59 Å². The van der Waals surface area contributed by atoms with Gasteiger partial charge in [0.2, 0.25) is 5.91 Å². The fraction of sp³-hybridized carbons (Fsp3) is 0.267. The largest absolute Gasteiger partial charge is 0.365 e. The van der Waals surface area contributed by atoms with Crippen LogP contribution in [0.2, 0.25) is 4.47 Å². The second-order valence-electron chi connectivity index (χ2n) is 4.99. The molecule has 1 fully saturated rings. The van der Waals surface area contributed by atoms with Gasteiger partial charge in [-0.15, -0.1) is 11.3 Å². The number of rotatable bonds is 3. The van der Waals surface area contributed by atoms with E-state index in [1.165, 1.54) is 17.4 Å². The number of fused-ring (bicyclic) bond motifs is 1. The number of carbonyl (C=O) groups is 2. The molecule has 1 unspecified atom stereocenters. The number of nitrogens with zero attached hydrogens (tertiary/aromatic N) is 2. The van der Waals surface area contributed by atoms with Crippen LogP contribution < -0.4 is 5.32 Å². The van der Waals surface area contributed by atoms with Crippen LogP contribution in [0.1, 0.15) is 0 Å². The Labute approximate surface area is 141 Å². The number of hydrogen-bond acceptors (Lipinski definition) is 5. The van der Waals surface area contributed by atoms with Crippen LogP contribution in [0.25, 0.3) is 10.2 Å². The summed E-state index contributed by atoms with van der Waals surface area (Å²) in [7, 11) is 0. The summed E-state index contributed by atoms with van der Waals surface area (Å²) in [6.45, 7) is 4.45.